The molecule has 0 unspecified atom stereocenters. The molecule has 2 aromatic rings. The maximum Gasteiger partial charge on any atom is 0.251 e. The Morgan fingerprint density at radius 2 is 1.93 bits per heavy atom. The van der Waals surface area contributed by atoms with E-state index in [-0.39, 0.29) is 18.1 Å². The summed E-state index contributed by atoms with van der Waals surface area (Å²) in [6, 6.07) is 18.7. The molecule has 2 aromatic carbocycles. The van der Waals surface area contributed by atoms with Crippen LogP contribution in [0.15, 0.2) is 54.6 Å². The Hall–Kier alpha value is -2.37. The van der Waals surface area contributed by atoms with Crippen molar-refractivity contribution in [3.05, 3.63) is 65.7 Å². The normalized spacial score (nSPS) is 25.0. The van der Waals surface area contributed by atoms with Gasteiger partial charge in [-0.2, -0.15) is 0 Å². The van der Waals surface area contributed by atoms with Crippen LogP contribution in [-0.2, 0) is 4.74 Å². The number of nitrogens with one attached hydrogen (secondary N) is 1. The van der Waals surface area contributed by atoms with E-state index in [9.17, 15) is 4.79 Å². The molecule has 0 aliphatic carbocycles. The van der Waals surface area contributed by atoms with Crippen molar-refractivity contribution in [2.45, 2.75) is 24.6 Å². The van der Waals surface area contributed by atoms with Crippen LogP contribution in [0.4, 0.5) is 5.69 Å². The highest BCUT2D eigenvalue weighted by atomic mass is 16.5. The monoisotopic (exact) mass is 365 g/mol. The molecule has 27 heavy (non-hydrogen) atoms. The Kier molecular flexibility index (Phi) is 5.14. The highest BCUT2D eigenvalue weighted by Crippen LogP contribution is 2.30. The van der Waals surface area contributed by atoms with Gasteiger partial charge in [0.2, 0.25) is 0 Å². The average molecular weight is 365 g/mol. The summed E-state index contributed by atoms with van der Waals surface area (Å²) >= 11 is 0. The van der Waals surface area contributed by atoms with Crippen molar-refractivity contribution in [3.63, 3.8) is 0 Å². The van der Waals surface area contributed by atoms with Crippen LogP contribution >= 0.6 is 0 Å². The molecule has 2 aliphatic rings. The first-order chi connectivity index (χ1) is 13.1. The number of hydrogen-bond donors (Lipinski definition) is 1. The van der Waals surface area contributed by atoms with Crippen molar-refractivity contribution in [2.24, 2.45) is 0 Å². The second-order valence-corrected chi connectivity index (χ2v) is 7.69. The molecule has 0 saturated carbocycles. The molecule has 0 spiro atoms. The van der Waals surface area contributed by atoms with Gasteiger partial charge < -0.3 is 15.0 Å². The number of rotatable bonds is 4. The number of fused-ring (bicyclic) bond motifs is 1. The Balaban J connectivity index is 1.37. The Labute approximate surface area is 160 Å². The first kappa shape index (κ1) is 18.0. The zero-order valence-electron chi connectivity index (χ0n) is 16.0. The van der Waals surface area contributed by atoms with E-state index in [1.807, 2.05) is 49.3 Å². The van der Waals surface area contributed by atoms with Crippen molar-refractivity contribution in [1.29, 1.82) is 0 Å². The van der Waals surface area contributed by atoms with Gasteiger partial charge in [-0.3, -0.25) is 9.69 Å². The van der Waals surface area contributed by atoms with Crippen LogP contribution in [0.2, 0.25) is 0 Å². The van der Waals surface area contributed by atoms with Gasteiger partial charge in [-0.25, -0.2) is 0 Å². The third kappa shape index (κ3) is 3.99. The summed E-state index contributed by atoms with van der Waals surface area (Å²) in [4.78, 5) is 17.2. The van der Waals surface area contributed by atoms with Gasteiger partial charge >= 0.3 is 0 Å². The summed E-state index contributed by atoms with van der Waals surface area (Å²) < 4.78 is 6.10. The van der Waals surface area contributed by atoms with Crippen LogP contribution in [-0.4, -0.2) is 56.7 Å². The minimum atomic E-state index is 0.00377. The summed E-state index contributed by atoms with van der Waals surface area (Å²) in [5, 5.41) is 3.22. The van der Waals surface area contributed by atoms with E-state index in [0.29, 0.717) is 11.6 Å². The Bertz CT molecular complexity index is 793. The molecule has 4 rings (SSSR count). The molecule has 0 radical (unpaired) electrons. The highest BCUT2D eigenvalue weighted by Gasteiger charge is 2.38. The number of hydrogen-bond acceptors (Lipinski definition) is 4. The predicted octanol–water partition coefficient (Wildman–Crippen LogP) is 2.70. The van der Waals surface area contributed by atoms with Crippen LogP contribution in [0.1, 0.15) is 28.4 Å². The van der Waals surface area contributed by atoms with Crippen molar-refractivity contribution >= 4 is 11.6 Å². The molecule has 2 heterocycles. The zero-order valence-corrected chi connectivity index (χ0v) is 16.0. The lowest BCUT2D eigenvalue weighted by Crippen LogP contribution is -2.43. The fourth-order valence-electron chi connectivity index (χ4n) is 4.04. The fourth-order valence-corrected chi connectivity index (χ4v) is 4.04. The quantitative estimate of drug-likeness (QED) is 0.905. The molecule has 5 heteroatoms. The molecular weight excluding hydrogens is 338 g/mol. The van der Waals surface area contributed by atoms with Gasteiger partial charge in [-0.15, -0.1) is 0 Å². The van der Waals surface area contributed by atoms with Gasteiger partial charge in [0, 0.05) is 50.5 Å². The molecule has 1 N–H and O–H groups in total. The average Bonchev–Trinajstić information content (AvgIpc) is 3.10. The molecule has 1 amide bonds. The minimum absolute atomic E-state index is 0.00377. The summed E-state index contributed by atoms with van der Waals surface area (Å²) in [6.07, 6.45) is 1.06. The number of morpholine rings is 1. The molecule has 2 aliphatic heterocycles. The summed E-state index contributed by atoms with van der Waals surface area (Å²) in [6.45, 7) is 2.50. The molecule has 0 aromatic heterocycles. The van der Waals surface area contributed by atoms with Crippen LogP contribution in [0.3, 0.4) is 0 Å². The molecule has 142 valence electrons. The van der Waals surface area contributed by atoms with E-state index in [1.165, 1.54) is 5.56 Å². The maximum absolute atomic E-state index is 12.7. The number of carbonyl (C=O) groups excluding carboxylic acids is 1. The van der Waals surface area contributed by atoms with Crippen LogP contribution in [0.5, 0.6) is 0 Å². The van der Waals surface area contributed by atoms with E-state index in [1.54, 1.807) is 0 Å². The molecular formula is C22H27N3O2. The fraction of sp³-hybridized carbons (Fsp3) is 0.409. The number of nitrogens with zero attached hydrogens (tertiary/aromatic N) is 2. The smallest absolute Gasteiger partial charge is 0.251 e. The van der Waals surface area contributed by atoms with Gasteiger partial charge in [0.05, 0.1) is 12.7 Å². The summed E-state index contributed by atoms with van der Waals surface area (Å²) in [7, 11) is 3.96. The van der Waals surface area contributed by atoms with Crippen LogP contribution in [0, 0.1) is 0 Å². The van der Waals surface area contributed by atoms with Gasteiger partial charge in [-0.05, 0) is 30.2 Å². The van der Waals surface area contributed by atoms with Crippen LogP contribution < -0.4 is 10.2 Å². The topological polar surface area (TPSA) is 44.8 Å². The predicted molar refractivity (Wildman–Crippen MR) is 107 cm³/mol. The lowest BCUT2D eigenvalue weighted by Gasteiger charge is -2.35. The van der Waals surface area contributed by atoms with Gasteiger partial charge in [0.1, 0.15) is 0 Å². The van der Waals surface area contributed by atoms with Crippen molar-refractivity contribution in [2.75, 3.05) is 38.7 Å². The zero-order chi connectivity index (χ0) is 18.8. The SMILES string of the molecule is CN(C)c1cccc(C(=O)N[C@@H]2C[C@H]3CO[C@@H](c4ccccc4)CN3C2)c1. The van der Waals surface area contributed by atoms with E-state index in [0.717, 1.165) is 31.8 Å². The first-order valence-corrected chi connectivity index (χ1v) is 9.59. The highest BCUT2D eigenvalue weighted by molar-refractivity contribution is 5.95. The third-order valence-electron chi connectivity index (χ3n) is 5.55. The molecule has 2 fully saturated rings. The standard InChI is InChI=1S/C22H27N3O2/c1-24(2)19-10-6-9-17(11-19)22(26)23-18-12-20-15-27-21(14-25(20)13-18)16-7-4-3-5-8-16/h3-11,18,20-21H,12-15H2,1-2H3,(H,23,26)/t18-,20+,21-/m1/s1. The van der Waals surface area contributed by atoms with E-state index < -0.39 is 0 Å². The molecule has 0 bridgehead atoms. The van der Waals surface area contributed by atoms with Crippen molar-refractivity contribution < 1.29 is 9.53 Å². The Morgan fingerprint density at radius 3 is 2.70 bits per heavy atom. The number of anilines is 1. The third-order valence-corrected chi connectivity index (χ3v) is 5.55. The Morgan fingerprint density at radius 1 is 1.11 bits per heavy atom. The van der Waals surface area contributed by atoms with Gasteiger partial charge in [0.25, 0.3) is 5.91 Å². The number of ether oxygens (including phenoxy) is 1. The van der Waals surface area contributed by atoms with Gasteiger partial charge in [-0.1, -0.05) is 36.4 Å². The molecule has 3 atom stereocenters. The van der Waals surface area contributed by atoms with Crippen LogP contribution in [0.25, 0.3) is 0 Å². The van der Waals surface area contributed by atoms with Crippen molar-refractivity contribution in [1.82, 2.24) is 10.2 Å². The van der Waals surface area contributed by atoms with E-state index >= 15 is 0 Å². The number of carbonyl (C=O) groups is 1. The molecule has 5 nitrogen and oxygen atoms in total. The largest absolute Gasteiger partial charge is 0.378 e. The lowest BCUT2D eigenvalue weighted by molar-refractivity contribution is -0.0502. The second-order valence-electron chi connectivity index (χ2n) is 7.69. The maximum atomic E-state index is 12.7. The number of benzene rings is 2. The summed E-state index contributed by atoms with van der Waals surface area (Å²) in [5.41, 5.74) is 2.97. The van der Waals surface area contributed by atoms with E-state index in [2.05, 4.69) is 34.5 Å². The molecule has 2 saturated heterocycles. The lowest BCUT2D eigenvalue weighted by atomic mass is 10.1. The summed E-state index contributed by atoms with van der Waals surface area (Å²) in [5.74, 6) is 0.00377. The number of amides is 1. The second kappa shape index (κ2) is 7.71. The van der Waals surface area contributed by atoms with Crippen molar-refractivity contribution in [3.8, 4) is 0 Å². The van der Waals surface area contributed by atoms with E-state index in [4.69, 9.17) is 4.74 Å². The first-order valence-electron chi connectivity index (χ1n) is 9.59. The van der Waals surface area contributed by atoms with Gasteiger partial charge in [0.15, 0.2) is 0 Å². The minimum Gasteiger partial charge on any atom is -0.378 e.